The van der Waals surface area contributed by atoms with Crippen molar-refractivity contribution in [3.8, 4) is 0 Å². The van der Waals surface area contributed by atoms with Crippen molar-refractivity contribution in [2.45, 2.75) is 111 Å². The summed E-state index contributed by atoms with van der Waals surface area (Å²) in [5.41, 5.74) is 3.17. The van der Waals surface area contributed by atoms with E-state index in [0.29, 0.717) is 19.8 Å². The molecule has 0 N–H and O–H groups in total. The van der Waals surface area contributed by atoms with Crippen LogP contribution in [0.25, 0.3) is 21.5 Å². The van der Waals surface area contributed by atoms with Crippen molar-refractivity contribution in [2.24, 2.45) is 0 Å². The molecule has 0 fully saturated rings. The number of hydrogen-bond donors (Lipinski definition) is 0. The molecule has 0 heterocycles. The lowest BCUT2D eigenvalue weighted by Crippen LogP contribution is -2.45. The number of benzene rings is 3. The molecular weight excluding hydrogens is 503 g/mol. The highest BCUT2D eigenvalue weighted by Gasteiger charge is 2.39. The second-order valence-electron chi connectivity index (χ2n) is 10.5. The van der Waals surface area contributed by atoms with E-state index in [4.69, 9.17) is 13.3 Å². The van der Waals surface area contributed by atoms with Gasteiger partial charge in [0.15, 0.2) is 0 Å². The smallest absolute Gasteiger partial charge is 0.374 e. The summed E-state index contributed by atoms with van der Waals surface area (Å²) in [5.74, 6) is 0. The van der Waals surface area contributed by atoms with E-state index < -0.39 is 8.80 Å². The highest BCUT2D eigenvalue weighted by atomic mass is 28.4. The van der Waals surface area contributed by atoms with Crippen molar-refractivity contribution in [2.75, 3.05) is 19.8 Å². The number of halogens is 1. The lowest BCUT2D eigenvalue weighted by Gasteiger charge is -2.28. The Morgan fingerprint density at radius 2 is 1.18 bits per heavy atom. The van der Waals surface area contributed by atoms with Gasteiger partial charge in [0, 0.05) is 25.9 Å². The number of hydrogen-bond acceptors (Lipinski definition) is 3. The summed E-state index contributed by atoms with van der Waals surface area (Å²) in [7, 11) is -2.38. The van der Waals surface area contributed by atoms with Crippen LogP contribution >= 0.6 is 0 Å². The highest BCUT2D eigenvalue weighted by molar-refractivity contribution is 6.60. The Balaban J connectivity index is 0.000000267. The molecule has 1 aliphatic rings. The Morgan fingerprint density at radius 3 is 1.85 bits per heavy atom. The molecule has 0 unspecified atom stereocenters. The van der Waals surface area contributed by atoms with Gasteiger partial charge in [0.25, 0.3) is 0 Å². The second kappa shape index (κ2) is 18.5. The quantitative estimate of drug-likeness (QED) is 0.106. The first-order valence-electron chi connectivity index (χ1n) is 15.5. The van der Waals surface area contributed by atoms with Gasteiger partial charge in [0.2, 0.25) is 0 Å². The molecule has 0 saturated carbocycles. The Labute approximate surface area is 238 Å². The number of rotatable bonds is 15. The molecule has 0 saturated heterocycles. The van der Waals surface area contributed by atoms with Crippen molar-refractivity contribution >= 4 is 30.3 Å². The first-order valence-corrected chi connectivity index (χ1v) is 17.4. The molecule has 218 valence electrons. The molecule has 0 radical (unpaired) electrons. The van der Waals surface area contributed by atoms with Gasteiger partial charge >= 0.3 is 8.80 Å². The van der Waals surface area contributed by atoms with Crippen molar-refractivity contribution in [1.29, 1.82) is 0 Å². The third-order valence-corrected chi connectivity index (χ3v) is 10.8. The van der Waals surface area contributed by atoms with E-state index in [1.165, 1.54) is 98.6 Å². The normalized spacial score (nSPS) is 13.0. The van der Waals surface area contributed by atoms with Crippen LogP contribution in [0.3, 0.4) is 0 Å². The van der Waals surface area contributed by atoms with Gasteiger partial charge in [-0.25, -0.2) is 0 Å². The summed E-state index contributed by atoms with van der Waals surface area (Å²) < 4.78 is 17.6. The Morgan fingerprint density at radius 1 is 0.590 bits per heavy atom. The van der Waals surface area contributed by atoms with Crippen LogP contribution in [0.1, 0.15) is 103 Å². The second-order valence-corrected chi connectivity index (χ2v) is 13.2. The van der Waals surface area contributed by atoms with Gasteiger partial charge < -0.3 is 13.3 Å². The molecule has 0 amide bonds. The molecule has 5 heteroatoms. The molecule has 4 rings (SSSR count). The van der Waals surface area contributed by atoms with Crippen LogP contribution in [0.15, 0.2) is 48.5 Å². The van der Waals surface area contributed by atoms with Gasteiger partial charge in [-0.3, -0.25) is 4.70 Å². The maximum Gasteiger partial charge on any atom is 0.500 e. The van der Waals surface area contributed by atoms with Gasteiger partial charge in [0.1, 0.15) is 0 Å². The molecule has 0 bridgehead atoms. The standard InChI is InChI=1S/C18H16.C16H36O3Si.FH/c1-3-7-15-13(5-1)9-11-18-16-8-4-2-6-14(16)10-12-17(15)18;1-5-9-10-11-12-13-14-15-16-20(17-6-2,18-7-3)19-8-4;/h1,3,5,7,9-12H,2,4,6,8H2;5-16H2,1-4H3;1H. The minimum Gasteiger partial charge on any atom is -0.374 e. The summed E-state index contributed by atoms with van der Waals surface area (Å²) in [6, 6.07) is 18.9. The molecular formula is C34H53FO3Si. The molecule has 0 atom stereocenters. The summed E-state index contributed by atoms with van der Waals surface area (Å²) in [6.45, 7) is 10.4. The Hall–Kier alpha value is -1.79. The number of fused-ring (bicyclic) bond motifs is 5. The van der Waals surface area contributed by atoms with E-state index in [2.05, 4.69) is 55.5 Å². The summed E-state index contributed by atoms with van der Waals surface area (Å²) in [5, 5.41) is 5.64. The largest absolute Gasteiger partial charge is 0.500 e. The first-order chi connectivity index (χ1) is 18.7. The van der Waals surface area contributed by atoms with E-state index in [0.717, 1.165) is 6.04 Å². The zero-order valence-corrected chi connectivity index (χ0v) is 26.1. The molecule has 39 heavy (non-hydrogen) atoms. The van der Waals surface area contributed by atoms with Crippen LogP contribution in [0.5, 0.6) is 0 Å². The van der Waals surface area contributed by atoms with Crippen LogP contribution in [0, 0.1) is 0 Å². The zero-order valence-electron chi connectivity index (χ0n) is 25.1. The van der Waals surface area contributed by atoms with Gasteiger partial charge in [-0.2, -0.15) is 0 Å². The maximum absolute atomic E-state index is 5.86. The molecule has 0 spiro atoms. The molecule has 3 aromatic carbocycles. The van der Waals surface area contributed by atoms with Crippen molar-refractivity contribution in [3.63, 3.8) is 0 Å². The van der Waals surface area contributed by atoms with Gasteiger partial charge in [0.05, 0.1) is 0 Å². The average molecular weight is 557 g/mol. The van der Waals surface area contributed by atoms with Crippen LogP contribution in [-0.4, -0.2) is 28.6 Å². The lowest BCUT2D eigenvalue weighted by atomic mass is 9.86. The lowest BCUT2D eigenvalue weighted by molar-refractivity contribution is 0.0706. The zero-order chi connectivity index (χ0) is 27.1. The topological polar surface area (TPSA) is 27.7 Å². The fourth-order valence-corrected chi connectivity index (χ4v) is 8.50. The number of aryl methyl sites for hydroxylation is 2. The Bertz CT molecular complexity index is 1070. The predicted octanol–water partition coefficient (Wildman–Crippen LogP) is 10.2. The van der Waals surface area contributed by atoms with Crippen LogP contribution < -0.4 is 0 Å². The summed E-state index contributed by atoms with van der Waals surface area (Å²) >= 11 is 0. The van der Waals surface area contributed by atoms with E-state index >= 15 is 0 Å². The highest BCUT2D eigenvalue weighted by Crippen LogP contribution is 2.33. The van der Waals surface area contributed by atoms with Crippen LogP contribution in [0.2, 0.25) is 6.04 Å². The first kappa shape index (κ1) is 33.4. The Kier molecular flexibility index (Phi) is 15.9. The third-order valence-electron chi connectivity index (χ3n) is 7.69. The van der Waals surface area contributed by atoms with Crippen LogP contribution in [-0.2, 0) is 26.1 Å². The minimum absolute atomic E-state index is 0. The van der Waals surface area contributed by atoms with E-state index in [9.17, 15) is 0 Å². The van der Waals surface area contributed by atoms with Gasteiger partial charge in [-0.1, -0.05) is 100 Å². The molecule has 0 aliphatic heterocycles. The molecule has 3 aromatic rings. The SMILES string of the molecule is CCCCCCCCCC[Si](OCC)(OCC)OCC.F.c1ccc2c(c1)ccc1c3c(ccc12)CCCC3. The minimum atomic E-state index is -2.38. The fraction of sp³-hybridized carbons (Fsp3) is 0.588. The molecule has 1 aliphatic carbocycles. The molecule has 0 aromatic heterocycles. The van der Waals surface area contributed by atoms with E-state index in [1.54, 1.807) is 11.1 Å². The maximum atomic E-state index is 5.86. The van der Waals surface area contributed by atoms with E-state index in [1.807, 2.05) is 20.8 Å². The summed E-state index contributed by atoms with van der Waals surface area (Å²) in [6.07, 6.45) is 15.8. The van der Waals surface area contributed by atoms with Crippen molar-refractivity contribution in [3.05, 3.63) is 59.7 Å². The summed E-state index contributed by atoms with van der Waals surface area (Å²) in [4.78, 5) is 0. The van der Waals surface area contributed by atoms with Gasteiger partial charge in [-0.15, -0.1) is 0 Å². The fourth-order valence-electron chi connectivity index (χ4n) is 5.82. The van der Waals surface area contributed by atoms with Gasteiger partial charge in [-0.05, 0) is 85.5 Å². The molecule has 3 nitrogen and oxygen atoms in total. The number of unbranched alkanes of at least 4 members (excludes halogenated alkanes) is 7. The van der Waals surface area contributed by atoms with Crippen molar-refractivity contribution < 1.29 is 18.0 Å². The average Bonchev–Trinajstić information content (AvgIpc) is 2.95. The van der Waals surface area contributed by atoms with Crippen molar-refractivity contribution in [1.82, 2.24) is 0 Å². The third kappa shape index (κ3) is 9.96. The van der Waals surface area contributed by atoms with Crippen LogP contribution in [0.4, 0.5) is 4.70 Å². The van der Waals surface area contributed by atoms with E-state index in [-0.39, 0.29) is 4.70 Å². The monoisotopic (exact) mass is 556 g/mol. The predicted molar refractivity (Wildman–Crippen MR) is 169 cm³/mol.